The molecule has 1 saturated carbocycles. The van der Waals surface area contributed by atoms with Crippen LogP contribution in [0.1, 0.15) is 42.1 Å². The lowest BCUT2D eigenvalue weighted by molar-refractivity contribution is -0.150. The molecule has 1 aliphatic carbocycles. The number of halogens is 2. The number of aliphatic hydroxyl groups excluding tert-OH is 1. The second-order valence-electron chi connectivity index (χ2n) is 8.45. The summed E-state index contributed by atoms with van der Waals surface area (Å²) in [4.78, 5) is 18.2. The maximum absolute atomic E-state index is 14.7. The number of carbonyl (C=O) groups is 1. The van der Waals surface area contributed by atoms with Gasteiger partial charge in [0.2, 0.25) is 5.91 Å². The molecule has 8 heteroatoms. The van der Waals surface area contributed by atoms with Crippen molar-refractivity contribution in [3.05, 3.63) is 52.8 Å². The van der Waals surface area contributed by atoms with Gasteiger partial charge in [0, 0.05) is 18.8 Å². The molecule has 4 rings (SSSR count). The minimum absolute atomic E-state index is 0.106. The predicted molar refractivity (Wildman–Crippen MR) is 111 cm³/mol. The lowest BCUT2D eigenvalue weighted by atomic mass is 9.97. The van der Waals surface area contributed by atoms with E-state index in [2.05, 4.69) is 16.4 Å². The van der Waals surface area contributed by atoms with Gasteiger partial charge in [-0.2, -0.15) is 5.26 Å². The van der Waals surface area contributed by atoms with Crippen LogP contribution >= 0.6 is 0 Å². The first kappa shape index (κ1) is 21.2. The third-order valence-corrected chi connectivity index (χ3v) is 6.51. The second-order valence-corrected chi connectivity index (χ2v) is 8.45. The molecule has 0 spiro atoms. The summed E-state index contributed by atoms with van der Waals surface area (Å²) in [5.41, 5.74) is 2.02. The Kier molecular flexibility index (Phi) is 4.97. The molecule has 0 bridgehead atoms. The van der Waals surface area contributed by atoms with Gasteiger partial charge in [0.15, 0.2) is 0 Å². The summed E-state index contributed by atoms with van der Waals surface area (Å²) in [6, 6.07) is 8.76. The first-order chi connectivity index (χ1) is 14.6. The number of rotatable bonds is 5. The van der Waals surface area contributed by atoms with Gasteiger partial charge >= 0.3 is 0 Å². The van der Waals surface area contributed by atoms with E-state index in [0.29, 0.717) is 34.6 Å². The van der Waals surface area contributed by atoms with Crippen molar-refractivity contribution >= 4 is 17.3 Å². The average Bonchev–Trinajstić information content (AvgIpc) is 3.19. The number of β-amino-alcohol motifs (C(OH)–C–C–N with tert-alkyl or cyclic N) is 1. The molecule has 1 aromatic heterocycles. The third kappa shape index (κ3) is 3.15. The van der Waals surface area contributed by atoms with E-state index in [-0.39, 0.29) is 13.1 Å². The van der Waals surface area contributed by atoms with Crippen LogP contribution in [0.4, 0.5) is 20.2 Å². The van der Waals surface area contributed by atoms with E-state index in [0.717, 1.165) is 5.56 Å². The number of benzene rings is 1. The highest BCUT2D eigenvalue weighted by molar-refractivity contribution is 5.90. The zero-order valence-corrected chi connectivity index (χ0v) is 17.6. The topological polar surface area (TPSA) is 89.2 Å². The number of aromatic nitrogens is 1. The third-order valence-electron chi connectivity index (χ3n) is 6.51. The fourth-order valence-corrected chi connectivity index (χ4v) is 4.48. The number of hydrogen-bond donors (Lipinski definition) is 2. The Hall–Kier alpha value is -3.05. The smallest absolute Gasteiger partial charge is 0.270 e. The predicted octanol–water partition coefficient (Wildman–Crippen LogP) is 3.51. The fourth-order valence-electron chi connectivity index (χ4n) is 4.48. The van der Waals surface area contributed by atoms with Crippen LogP contribution in [-0.2, 0) is 11.2 Å². The van der Waals surface area contributed by atoms with Crippen molar-refractivity contribution in [2.45, 2.75) is 45.1 Å². The maximum atomic E-state index is 14.7. The van der Waals surface area contributed by atoms with Crippen LogP contribution in [0, 0.1) is 23.7 Å². The molecule has 1 amide bonds. The molecular weight excluding hydrogens is 402 g/mol. The molecule has 2 aliphatic rings. The van der Waals surface area contributed by atoms with Gasteiger partial charge in [-0.3, -0.25) is 9.78 Å². The summed E-state index contributed by atoms with van der Waals surface area (Å²) in [7, 11) is 0. The number of aliphatic hydroxyl groups is 1. The first-order valence-corrected chi connectivity index (χ1v) is 10.3. The summed E-state index contributed by atoms with van der Waals surface area (Å²) in [5.74, 6) is -4.95. The molecule has 2 heterocycles. The van der Waals surface area contributed by atoms with Crippen molar-refractivity contribution in [2.75, 3.05) is 18.4 Å². The van der Waals surface area contributed by atoms with Crippen LogP contribution in [-0.4, -0.2) is 46.0 Å². The number of nitriles is 1. The first-order valence-electron chi connectivity index (χ1n) is 10.3. The van der Waals surface area contributed by atoms with E-state index in [9.17, 15) is 23.9 Å². The van der Waals surface area contributed by atoms with Crippen LogP contribution < -0.4 is 5.32 Å². The van der Waals surface area contributed by atoms with Gasteiger partial charge in [0.05, 0.1) is 35.2 Å². The fraction of sp³-hybridized carbons (Fsp3) is 0.435. The van der Waals surface area contributed by atoms with Gasteiger partial charge in [-0.15, -0.1) is 0 Å². The van der Waals surface area contributed by atoms with Crippen LogP contribution in [0.2, 0.25) is 0 Å². The lowest BCUT2D eigenvalue weighted by Crippen LogP contribution is -2.56. The number of amides is 1. The van der Waals surface area contributed by atoms with E-state index in [4.69, 9.17) is 0 Å². The highest BCUT2D eigenvalue weighted by atomic mass is 19.3. The van der Waals surface area contributed by atoms with E-state index in [1.807, 2.05) is 6.92 Å². The van der Waals surface area contributed by atoms with Gasteiger partial charge in [-0.05, 0) is 43.5 Å². The molecule has 2 atom stereocenters. The summed E-state index contributed by atoms with van der Waals surface area (Å²) in [6.07, 6.45) is 1.68. The second kappa shape index (κ2) is 7.27. The Morgan fingerprint density at radius 1 is 1.35 bits per heavy atom. The minimum Gasteiger partial charge on any atom is -0.389 e. The summed E-state index contributed by atoms with van der Waals surface area (Å²) in [5, 5.41) is 22.0. The van der Waals surface area contributed by atoms with E-state index in [1.54, 1.807) is 37.4 Å². The van der Waals surface area contributed by atoms with Crippen molar-refractivity contribution < 1.29 is 18.7 Å². The highest BCUT2D eigenvalue weighted by Crippen LogP contribution is 2.71. The summed E-state index contributed by atoms with van der Waals surface area (Å²) < 4.78 is 29.4. The van der Waals surface area contributed by atoms with E-state index in [1.165, 1.54) is 11.8 Å². The van der Waals surface area contributed by atoms with Gasteiger partial charge in [-0.1, -0.05) is 19.1 Å². The van der Waals surface area contributed by atoms with Crippen molar-refractivity contribution in [2.24, 2.45) is 5.41 Å². The van der Waals surface area contributed by atoms with Crippen molar-refractivity contribution in [3.63, 3.8) is 0 Å². The number of nitrogens with one attached hydrogen (secondary N) is 1. The number of carbonyl (C=O) groups excluding carboxylic acids is 1. The molecule has 31 heavy (non-hydrogen) atoms. The molecule has 2 aromatic rings. The molecule has 2 unspecified atom stereocenters. The van der Waals surface area contributed by atoms with Crippen LogP contribution in [0.5, 0.6) is 0 Å². The number of nitrogens with zero attached hydrogens (tertiary/aromatic N) is 3. The Bertz CT molecular complexity index is 1070. The minimum atomic E-state index is -3.14. The maximum Gasteiger partial charge on any atom is 0.270 e. The Labute approximate surface area is 179 Å². The Balaban J connectivity index is 1.55. The molecule has 2 fully saturated rings. The lowest BCUT2D eigenvalue weighted by Gasteiger charge is -2.37. The molecule has 0 radical (unpaired) electrons. The van der Waals surface area contributed by atoms with Crippen LogP contribution in [0.25, 0.3) is 0 Å². The normalized spacial score (nSPS) is 24.3. The van der Waals surface area contributed by atoms with Gasteiger partial charge in [0.1, 0.15) is 11.5 Å². The Morgan fingerprint density at radius 2 is 2.00 bits per heavy atom. The monoisotopic (exact) mass is 426 g/mol. The van der Waals surface area contributed by atoms with E-state index >= 15 is 0 Å². The molecule has 162 valence electrons. The molecular formula is C23H24F2N4O2. The quantitative estimate of drug-likeness (QED) is 0.764. The molecule has 1 aliphatic heterocycles. The zero-order chi connectivity index (χ0) is 22.6. The number of likely N-dealkylation sites (tertiary alicyclic amines) is 1. The van der Waals surface area contributed by atoms with Crippen molar-refractivity contribution in [3.8, 4) is 6.07 Å². The SMILES string of the molecule is CCc1c(Nc2ccc(C3C(F)(F)C3(C)C(=O)N3CC(O)C3)cc2)cnc(C)c1C#N. The summed E-state index contributed by atoms with van der Waals surface area (Å²) >= 11 is 0. The number of hydrogen-bond acceptors (Lipinski definition) is 5. The van der Waals surface area contributed by atoms with Gasteiger partial charge in [0.25, 0.3) is 5.92 Å². The van der Waals surface area contributed by atoms with Gasteiger partial charge < -0.3 is 15.3 Å². The van der Waals surface area contributed by atoms with E-state index < -0.39 is 29.3 Å². The highest BCUT2D eigenvalue weighted by Gasteiger charge is 2.83. The largest absolute Gasteiger partial charge is 0.389 e. The zero-order valence-electron chi connectivity index (χ0n) is 17.6. The van der Waals surface area contributed by atoms with Gasteiger partial charge in [-0.25, -0.2) is 8.78 Å². The van der Waals surface area contributed by atoms with Crippen LogP contribution in [0.15, 0.2) is 30.5 Å². The summed E-state index contributed by atoms with van der Waals surface area (Å²) in [6.45, 7) is 5.25. The van der Waals surface area contributed by atoms with Crippen LogP contribution in [0.3, 0.4) is 0 Å². The van der Waals surface area contributed by atoms with Crippen molar-refractivity contribution in [1.82, 2.24) is 9.88 Å². The number of alkyl halides is 2. The molecule has 6 nitrogen and oxygen atoms in total. The molecule has 1 saturated heterocycles. The standard InChI is InChI=1S/C23H24F2N4O2/c1-4-17-18(9-26)13(2)27-10-19(17)28-15-7-5-14(6-8-15)20-22(3,23(20,24)25)21(31)29-11-16(30)12-29/h5-8,10,16,20,28,30H,4,11-12H2,1-3H3. The number of pyridine rings is 1. The van der Waals surface area contributed by atoms with Crippen molar-refractivity contribution in [1.29, 1.82) is 5.26 Å². The average molecular weight is 426 g/mol. The number of aryl methyl sites for hydroxylation is 1. The molecule has 1 aromatic carbocycles. The number of anilines is 2. The Morgan fingerprint density at radius 3 is 2.55 bits per heavy atom. The molecule has 2 N–H and O–H groups in total.